The van der Waals surface area contributed by atoms with Gasteiger partial charge in [-0.05, 0) is 43.0 Å². The van der Waals surface area contributed by atoms with Crippen LogP contribution in [0.5, 0.6) is 0 Å². The van der Waals surface area contributed by atoms with Crippen molar-refractivity contribution in [1.82, 2.24) is 14.9 Å². The van der Waals surface area contributed by atoms with Gasteiger partial charge in [-0.1, -0.05) is 30.3 Å². The normalized spacial score (nSPS) is 17.6. The quantitative estimate of drug-likeness (QED) is 0.714. The molecule has 3 aromatic rings. The Labute approximate surface area is 147 Å². The second-order valence-electron chi connectivity index (χ2n) is 6.68. The van der Waals surface area contributed by atoms with Gasteiger partial charge in [-0.25, -0.2) is 0 Å². The maximum Gasteiger partial charge on any atom is 0.256 e. The summed E-state index contributed by atoms with van der Waals surface area (Å²) >= 11 is 0. The number of amides is 1. The third-order valence-electron chi connectivity index (χ3n) is 5.07. The van der Waals surface area contributed by atoms with Crippen LogP contribution in [0.15, 0.2) is 54.9 Å². The number of benzene rings is 2. The van der Waals surface area contributed by atoms with Gasteiger partial charge >= 0.3 is 0 Å². The Kier molecular flexibility index (Phi) is 4.18. The zero-order valence-electron chi connectivity index (χ0n) is 14.4. The van der Waals surface area contributed by atoms with Crippen LogP contribution in [0.3, 0.4) is 0 Å². The molecule has 0 radical (unpaired) electrons. The maximum atomic E-state index is 13.1. The Bertz CT molecular complexity index is 916. The van der Waals surface area contributed by atoms with Crippen LogP contribution < -0.4 is 0 Å². The van der Waals surface area contributed by atoms with Gasteiger partial charge in [0.25, 0.3) is 5.91 Å². The molecule has 0 aliphatic carbocycles. The van der Waals surface area contributed by atoms with E-state index >= 15 is 0 Å². The van der Waals surface area contributed by atoms with Crippen LogP contribution in [0.4, 0.5) is 0 Å². The maximum absolute atomic E-state index is 13.1. The number of carbonyl (C=O) groups excluding carboxylic acids is 1. The fraction of sp³-hybridized carbons (Fsp3) is 0.286. The molecule has 0 spiro atoms. The zero-order valence-corrected chi connectivity index (χ0v) is 14.4. The summed E-state index contributed by atoms with van der Waals surface area (Å²) in [6.07, 6.45) is 5.46. The van der Waals surface area contributed by atoms with E-state index in [4.69, 9.17) is 0 Å². The fourth-order valence-corrected chi connectivity index (χ4v) is 3.80. The van der Waals surface area contributed by atoms with Gasteiger partial charge in [-0.3, -0.25) is 14.8 Å². The zero-order chi connectivity index (χ0) is 17.2. The van der Waals surface area contributed by atoms with Gasteiger partial charge in [-0.15, -0.1) is 0 Å². The molecular weight excluding hydrogens is 310 g/mol. The van der Waals surface area contributed by atoms with Crippen LogP contribution in [0, 0.1) is 6.92 Å². The molecule has 126 valence electrons. The van der Waals surface area contributed by atoms with E-state index in [9.17, 15) is 4.79 Å². The van der Waals surface area contributed by atoms with E-state index in [1.807, 2.05) is 23.1 Å². The highest BCUT2D eigenvalue weighted by atomic mass is 16.2. The van der Waals surface area contributed by atoms with Crippen molar-refractivity contribution in [2.45, 2.75) is 25.7 Å². The van der Waals surface area contributed by atoms with Gasteiger partial charge in [0.1, 0.15) is 5.52 Å². The highest BCUT2D eigenvalue weighted by Crippen LogP contribution is 2.30. The Hall–Kier alpha value is -2.75. The summed E-state index contributed by atoms with van der Waals surface area (Å²) in [6, 6.07) is 14.1. The summed E-state index contributed by atoms with van der Waals surface area (Å²) in [5, 5.41) is 0. The molecule has 1 aliphatic heterocycles. The minimum atomic E-state index is 0.0596. The number of rotatable bonds is 2. The fourth-order valence-electron chi connectivity index (χ4n) is 3.80. The molecule has 2 aromatic carbocycles. The summed E-state index contributed by atoms with van der Waals surface area (Å²) in [7, 11) is 0. The van der Waals surface area contributed by atoms with Crippen LogP contribution in [0.1, 0.15) is 40.2 Å². The predicted molar refractivity (Wildman–Crippen MR) is 98.6 cm³/mol. The molecule has 4 nitrogen and oxygen atoms in total. The van der Waals surface area contributed by atoms with Crippen molar-refractivity contribution in [3.8, 4) is 0 Å². The van der Waals surface area contributed by atoms with Crippen LogP contribution >= 0.6 is 0 Å². The summed E-state index contributed by atoms with van der Waals surface area (Å²) in [5.74, 6) is 0.462. The van der Waals surface area contributed by atoms with Gasteiger partial charge in [-0.2, -0.15) is 0 Å². The number of likely N-dealkylation sites (tertiary alicyclic amines) is 1. The first-order chi connectivity index (χ1) is 12.2. The van der Waals surface area contributed by atoms with Crippen LogP contribution in [-0.4, -0.2) is 33.9 Å². The molecule has 0 saturated carbocycles. The van der Waals surface area contributed by atoms with Crippen LogP contribution in [-0.2, 0) is 0 Å². The molecule has 0 N–H and O–H groups in total. The molecule has 2 heterocycles. The third kappa shape index (κ3) is 3.00. The highest BCUT2D eigenvalue weighted by Gasteiger charge is 2.27. The number of hydrogen-bond acceptors (Lipinski definition) is 3. The largest absolute Gasteiger partial charge is 0.338 e. The number of nitrogens with zero attached hydrogens (tertiary/aromatic N) is 3. The third-order valence-corrected chi connectivity index (χ3v) is 5.07. The van der Waals surface area contributed by atoms with E-state index < -0.39 is 0 Å². The average Bonchev–Trinajstić information content (AvgIpc) is 2.67. The molecule has 0 bridgehead atoms. The van der Waals surface area contributed by atoms with Crippen molar-refractivity contribution in [3.63, 3.8) is 0 Å². The first-order valence-corrected chi connectivity index (χ1v) is 8.78. The average molecular weight is 331 g/mol. The molecule has 1 saturated heterocycles. The first-order valence-electron chi connectivity index (χ1n) is 8.78. The van der Waals surface area contributed by atoms with Crippen molar-refractivity contribution in [3.05, 3.63) is 71.5 Å². The summed E-state index contributed by atoms with van der Waals surface area (Å²) in [5.41, 5.74) is 4.76. The monoisotopic (exact) mass is 331 g/mol. The molecule has 4 heteroatoms. The van der Waals surface area contributed by atoms with Gasteiger partial charge < -0.3 is 4.90 Å². The molecule has 1 fully saturated rings. The summed E-state index contributed by atoms with van der Waals surface area (Å²) < 4.78 is 0. The summed E-state index contributed by atoms with van der Waals surface area (Å²) in [6.45, 7) is 3.72. The standard InChI is InChI=1S/C21H21N3O/c1-15-6-2-3-8-17(15)16-7-5-13-24(14-16)21(25)18-9-4-10-19-20(18)23-12-11-22-19/h2-4,6,8-12,16H,5,7,13-14H2,1H3. The Balaban J connectivity index is 1.63. The van der Waals surface area contributed by atoms with Crippen molar-refractivity contribution in [1.29, 1.82) is 0 Å². The summed E-state index contributed by atoms with van der Waals surface area (Å²) in [4.78, 5) is 23.8. The Morgan fingerprint density at radius 3 is 2.80 bits per heavy atom. The van der Waals surface area contributed by atoms with Gasteiger partial charge in [0.15, 0.2) is 0 Å². The predicted octanol–water partition coefficient (Wildman–Crippen LogP) is 3.96. The van der Waals surface area contributed by atoms with E-state index in [1.54, 1.807) is 12.4 Å². The van der Waals surface area contributed by atoms with E-state index in [-0.39, 0.29) is 5.91 Å². The van der Waals surface area contributed by atoms with Crippen molar-refractivity contribution >= 4 is 16.9 Å². The number of para-hydroxylation sites is 1. The second kappa shape index (κ2) is 6.63. The number of aromatic nitrogens is 2. The lowest BCUT2D eigenvalue weighted by molar-refractivity contribution is 0.0708. The molecule has 1 amide bonds. The second-order valence-corrected chi connectivity index (χ2v) is 6.68. The van der Waals surface area contributed by atoms with Crippen LogP contribution in [0.25, 0.3) is 11.0 Å². The van der Waals surface area contributed by atoms with E-state index in [0.717, 1.165) is 31.4 Å². The minimum Gasteiger partial charge on any atom is -0.338 e. The van der Waals surface area contributed by atoms with E-state index in [0.29, 0.717) is 17.0 Å². The van der Waals surface area contributed by atoms with E-state index in [1.165, 1.54) is 11.1 Å². The molecule has 4 rings (SSSR count). The van der Waals surface area contributed by atoms with Gasteiger partial charge in [0, 0.05) is 31.4 Å². The number of hydrogen-bond donors (Lipinski definition) is 0. The highest BCUT2D eigenvalue weighted by molar-refractivity contribution is 6.04. The smallest absolute Gasteiger partial charge is 0.256 e. The lowest BCUT2D eigenvalue weighted by Gasteiger charge is -2.34. The van der Waals surface area contributed by atoms with E-state index in [2.05, 4.69) is 41.2 Å². The Morgan fingerprint density at radius 2 is 1.92 bits per heavy atom. The molecule has 1 aromatic heterocycles. The topological polar surface area (TPSA) is 46.1 Å². The minimum absolute atomic E-state index is 0.0596. The van der Waals surface area contributed by atoms with Crippen LogP contribution in [0.2, 0.25) is 0 Å². The number of carbonyl (C=O) groups is 1. The lowest BCUT2D eigenvalue weighted by Crippen LogP contribution is -2.39. The number of aryl methyl sites for hydroxylation is 1. The molecule has 1 atom stereocenters. The molecular formula is C21H21N3O. The Morgan fingerprint density at radius 1 is 1.08 bits per heavy atom. The molecule has 1 aliphatic rings. The van der Waals surface area contributed by atoms with Gasteiger partial charge in [0.05, 0.1) is 11.1 Å². The molecule has 25 heavy (non-hydrogen) atoms. The SMILES string of the molecule is Cc1ccccc1C1CCCN(C(=O)c2cccc3nccnc23)C1. The number of piperidine rings is 1. The van der Waals surface area contributed by atoms with Crippen molar-refractivity contribution < 1.29 is 4.79 Å². The van der Waals surface area contributed by atoms with Gasteiger partial charge in [0.2, 0.25) is 0 Å². The molecule has 1 unspecified atom stereocenters. The van der Waals surface area contributed by atoms with Crippen molar-refractivity contribution in [2.24, 2.45) is 0 Å². The number of fused-ring (bicyclic) bond motifs is 1. The lowest BCUT2D eigenvalue weighted by atomic mass is 9.87. The van der Waals surface area contributed by atoms with Crippen molar-refractivity contribution in [2.75, 3.05) is 13.1 Å². The first kappa shape index (κ1) is 15.8.